The van der Waals surface area contributed by atoms with E-state index in [4.69, 9.17) is 21.1 Å². The molecule has 0 amide bonds. The van der Waals surface area contributed by atoms with Gasteiger partial charge >= 0.3 is 0 Å². The maximum atomic E-state index is 13.3. The summed E-state index contributed by atoms with van der Waals surface area (Å²) in [6.07, 6.45) is 6.13. The second kappa shape index (κ2) is 9.65. The molecule has 1 aliphatic rings. The van der Waals surface area contributed by atoms with Crippen molar-refractivity contribution in [1.82, 2.24) is 34.9 Å². The first kappa shape index (κ1) is 22.7. The topological polar surface area (TPSA) is 91.4 Å². The third-order valence-corrected chi connectivity index (χ3v) is 6.42. The van der Waals surface area contributed by atoms with Crippen molar-refractivity contribution < 1.29 is 13.9 Å². The molecule has 1 fully saturated rings. The summed E-state index contributed by atoms with van der Waals surface area (Å²) in [4.78, 5) is 4.11. The summed E-state index contributed by atoms with van der Waals surface area (Å²) in [6.45, 7) is 4.12. The Morgan fingerprint density at radius 3 is 2.82 bits per heavy atom. The van der Waals surface area contributed by atoms with Crippen LogP contribution in [0.3, 0.4) is 0 Å². The van der Waals surface area contributed by atoms with Crippen LogP contribution in [0.5, 0.6) is 5.75 Å². The molecule has 0 bridgehead atoms. The van der Waals surface area contributed by atoms with Crippen molar-refractivity contribution in [3.8, 4) is 17.0 Å². The molecule has 5 rings (SSSR count). The molecular weight excluding hydrogens is 461 g/mol. The normalized spacial score (nSPS) is 15.6. The fourth-order valence-corrected chi connectivity index (χ4v) is 4.53. The maximum absolute atomic E-state index is 13.3. The Balaban J connectivity index is 1.46. The molecule has 0 aromatic carbocycles. The van der Waals surface area contributed by atoms with E-state index in [1.165, 1.54) is 6.07 Å². The molecule has 34 heavy (non-hydrogen) atoms. The van der Waals surface area contributed by atoms with Gasteiger partial charge in [-0.2, -0.15) is 5.10 Å². The Morgan fingerprint density at radius 2 is 2.09 bits per heavy atom. The van der Waals surface area contributed by atoms with E-state index in [9.17, 15) is 4.39 Å². The van der Waals surface area contributed by atoms with Crippen LogP contribution in [-0.4, -0.2) is 56.4 Å². The smallest absolute Gasteiger partial charge is 0.147 e. The molecule has 1 aliphatic heterocycles. The minimum atomic E-state index is -0.492. The number of hydrogen-bond acceptors (Lipinski definition) is 7. The summed E-state index contributed by atoms with van der Waals surface area (Å²) < 4.78 is 28.6. The maximum Gasteiger partial charge on any atom is 0.147 e. The van der Waals surface area contributed by atoms with Gasteiger partial charge in [-0.25, -0.2) is 13.6 Å². The van der Waals surface area contributed by atoms with E-state index < -0.39 is 11.9 Å². The lowest BCUT2D eigenvalue weighted by molar-refractivity contribution is 0.0549. The zero-order chi connectivity index (χ0) is 23.7. The number of nitrogens with zero attached hydrogens (tertiary/aromatic N) is 6. The van der Waals surface area contributed by atoms with Gasteiger partial charge < -0.3 is 14.8 Å². The molecule has 1 unspecified atom stereocenters. The minimum absolute atomic E-state index is 0.149. The number of rotatable bonds is 7. The Bertz CT molecular complexity index is 1280. The SMILES string of the molecule is COC(COc1cc(-c2nnn(C3CCNCC3)c2C)cn2ncc(Cl)c12)c1ccc(F)cn1. The number of piperidine rings is 1. The average Bonchev–Trinajstić information content (AvgIpc) is 3.43. The zero-order valence-electron chi connectivity index (χ0n) is 18.9. The largest absolute Gasteiger partial charge is 0.488 e. The Hall–Kier alpha value is -3.08. The van der Waals surface area contributed by atoms with E-state index in [1.54, 1.807) is 23.9 Å². The van der Waals surface area contributed by atoms with Gasteiger partial charge in [-0.05, 0) is 51.1 Å². The monoisotopic (exact) mass is 485 g/mol. The number of nitrogens with one attached hydrogen (secondary N) is 1. The molecule has 1 N–H and O–H groups in total. The molecule has 0 saturated carbocycles. The Kier molecular flexibility index (Phi) is 6.44. The lowest BCUT2D eigenvalue weighted by atomic mass is 10.1. The summed E-state index contributed by atoms with van der Waals surface area (Å²) >= 11 is 6.41. The predicted molar refractivity (Wildman–Crippen MR) is 125 cm³/mol. The predicted octanol–water partition coefficient (Wildman–Crippen LogP) is 3.78. The Morgan fingerprint density at radius 1 is 1.26 bits per heavy atom. The van der Waals surface area contributed by atoms with Crippen LogP contribution in [0.4, 0.5) is 4.39 Å². The molecular formula is C23H25ClFN7O2. The van der Waals surface area contributed by atoms with Crippen LogP contribution >= 0.6 is 11.6 Å². The van der Waals surface area contributed by atoms with Crippen LogP contribution in [-0.2, 0) is 4.74 Å². The standard InChI is InChI=1S/C23H25ClFN7O2/c1-14-22(29-30-32(14)17-5-7-26-8-6-17)15-9-20(23-18(24)11-28-31(23)12-15)34-13-21(33-2)19-4-3-16(25)10-27-19/h3-4,9-12,17,21,26H,5-8,13H2,1-2H3. The molecule has 1 atom stereocenters. The van der Waals surface area contributed by atoms with Crippen LogP contribution in [0.1, 0.15) is 36.4 Å². The molecule has 5 heterocycles. The molecule has 11 heteroatoms. The first-order valence-corrected chi connectivity index (χ1v) is 11.5. The van der Waals surface area contributed by atoms with E-state index in [-0.39, 0.29) is 6.61 Å². The minimum Gasteiger partial charge on any atom is -0.488 e. The number of aromatic nitrogens is 6. The van der Waals surface area contributed by atoms with E-state index >= 15 is 0 Å². The van der Waals surface area contributed by atoms with Gasteiger partial charge in [0.05, 0.1) is 34.8 Å². The van der Waals surface area contributed by atoms with Crippen LogP contribution in [0.2, 0.25) is 5.02 Å². The van der Waals surface area contributed by atoms with Crippen LogP contribution in [0.25, 0.3) is 16.8 Å². The van der Waals surface area contributed by atoms with Gasteiger partial charge in [-0.1, -0.05) is 16.8 Å². The second-order valence-corrected chi connectivity index (χ2v) is 8.67. The summed E-state index contributed by atoms with van der Waals surface area (Å²) in [5, 5.41) is 17.1. The summed E-state index contributed by atoms with van der Waals surface area (Å²) in [5.74, 6) is 0.118. The number of hydrogen-bond donors (Lipinski definition) is 1. The molecule has 1 saturated heterocycles. The van der Waals surface area contributed by atoms with Crippen LogP contribution < -0.4 is 10.1 Å². The lowest BCUT2D eigenvalue weighted by Crippen LogP contribution is -2.30. The van der Waals surface area contributed by atoms with Gasteiger partial charge in [0, 0.05) is 18.9 Å². The highest BCUT2D eigenvalue weighted by atomic mass is 35.5. The number of ether oxygens (including phenoxy) is 2. The molecule has 4 aromatic rings. The molecule has 178 valence electrons. The summed E-state index contributed by atoms with van der Waals surface area (Å²) in [7, 11) is 1.55. The van der Waals surface area contributed by atoms with Crippen molar-refractivity contribution >= 4 is 17.1 Å². The van der Waals surface area contributed by atoms with Crippen molar-refractivity contribution in [2.24, 2.45) is 0 Å². The number of fused-ring (bicyclic) bond motifs is 1. The fraction of sp³-hybridized carbons (Fsp3) is 0.391. The molecule has 0 radical (unpaired) electrons. The lowest BCUT2D eigenvalue weighted by Gasteiger charge is -2.23. The average molecular weight is 486 g/mol. The van der Waals surface area contributed by atoms with E-state index in [0.717, 1.165) is 49.1 Å². The van der Waals surface area contributed by atoms with Crippen molar-refractivity contribution in [3.05, 3.63) is 59.0 Å². The molecule has 9 nitrogen and oxygen atoms in total. The van der Waals surface area contributed by atoms with Gasteiger partial charge in [-0.15, -0.1) is 5.10 Å². The van der Waals surface area contributed by atoms with Crippen molar-refractivity contribution in [1.29, 1.82) is 0 Å². The number of methoxy groups -OCH3 is 1. The highest BCUT2D eigenvalue weighted by Gasteiger charge is 2.22. The van der Waals surface area contributed by atoms with Gasteiger partial charge in [0.15, 0.2) is 0 Å². The molecule has 0 spiro atoms. The van der Waals surface area contributed by atoms with Crippen LogP contribution in [0, 0.1) is 12.7 Å². The fourth-order valence-electron chi connectivity index (χ4n) is 4.31. The summed E-state index contributed by atoms with van der Waals surface area (Å²) in [5.41, 5.74) is 3.77. The van der Waals surface area contributed by atoms with Crippen molar-refractivity contribution in [2.45, 2.75) is 31.9 Å². The van der Waals surface area contributed by atoms with Crippen LogP contribution in [0.15, 0.2) is 36.8 Å². The first-order valence-electron chi connectivity index (χ1n) is 11.1. The van der Waals surface area contributed by atoms with Crippen molar-refractivity contribution in [3.63, 3.8) is 0 Å². The van der Waals surface area contributed by atoms with Gasteiger partial charge in [0.2, 0.25) is 0 Å². The highest BCUT2D eigenvalue weighted by molar-refractivity contribution is 6.34. The van der Waals surface area contributed by atoms with E-state index in [2.05, 4.69) is 25.7 Å². The third-order valence-electron chi connectivity index (χ3n) is 6.14. The molecule has 4 aromatic heterocycles. The van der Waals surface area contributed by atoms with Gasteiger partial charge in [0.1, 0.15) is 35.5 Å². The Labute approximate surface area is 200 Å². The molecule has 0 aliphatic carbocycles. The third kappa shape index (κ3) is 4.36. The van der Waals surface area contributed by atoms with Gasteiger partial charge in [0.25, 0.3) is 0 Å². The van der Waals surface area contributed by atoms with Crippen molar-refractivity contribution in [2.75, 3.05) is 26.8 Å². The first-order chi connectivity index (χ1) is 16.5. The number of halogens is 2. The van der Waals surface area contributed by atoms with Gasteiger partial charge in [-0.3, -0.25) is 4.98 Å². The quantitative estimate of drug-likeness (QED) is 0.426. The zero-order valence-corrected chi connectivity index (χ0v) is 19.7. The van der Waals surface area contributed by atoms with E-state index in [1.807, 2.05) is 23.9 Å². The highest BCUT2D eigenvalue weighted by Crippen LogP contribution is 2.34. The van der Waals surface area contributed by atoms with E-state index in [0.29, 0.717) is 28.0 Å². The number of pyridine rings is 2. The second-order valence-electron chi connectivity index (χ2n) is 8.26. The summed E-state index contributed by atoms with van der Waals surface area (Å²) in [6, 6.07) is 5.13.